The van der Waals surface area contributed by atoms with Crippen molar-refractivity contribution < 1.29 is 0 Å². The fourth-order valence-electron chi connectivity index (χ4n) is 2.09. The Balaban J connectivity index is 1.82. The van der Waals surface area contributed by atoms with Gasteiger partial charge < -0.3 is 5.32 Å². The Morgan fingerprint density at radius 2 is 2.31 bits per heavy atom. The fourth-order valence-corrected chi connectivity index (χ4v) is 2.09. The van der Waals surface area contributed by atoms with Gasteiger partial charge in [-0.15, -0.1) is 0 Å². The quantitative estimate of drug-likeness (QED) is 0.793. The molecule has 1 aromatic heterocycles. The standard InChI is InChI=1S/C14H22N2/c1-3-14(8-12-4-5-12)16-10-13-9-15-7-6-11(13)2/h6-7,9,12,14,16H,3-5,8,10H2,1-2H3. The average Bonchev–Trinajstić information content (AvgIpc) is 3.10. The van der Waals surface area contributed by atoms with Gasteiger partial charge in [-0.2, -0.15) is 0 Å². The Morgan fingerprint density at radius 1 is 1.50 bits per heavy atom. The molecule has 0 aromatic carbocycles. The average molecular weight is 218 g/mol. The van der Waals surface area contributed by atoms with Gasteiger partial charge in [0.1, 0.15) is 0 Å². The molecule has 2 heteroatoms. The van der Waals surface area contributed by atoms with Crippen molar-refractivity contribution in [2.45, 2.75) is 52.1 Å². The largest absolute Gasteiger partial charge is 0.310 e. The molecule has 0 saturated heterocycles. The smallest absolute Gasteiger partial charge is 0.0315 e. The molecule has 0 aliphatic heterocycles. The molecule has 1 aliphatic rings. The summed E-state index contributed by atoms with van der Waals surface area (Å²) in [4.78, 5) is 4.18. The van der Waals surface area contributed by atoms with E-state index in [0.29, 0.717) is 6.04 Å². The van der Waals surface area contributed by atoms with Crippen LogP contribution in [-0.2, 0) is 6.54 Å². The first kappa shape index (κ1) is 11.6. The third-order valence-electron chi connectivity index (χ3n) is 3.54. The zero-order valence-corrected chi connectivity index (χ0v) is 10.4. The molecular weight excluding hydrogens is 196 g/mol. The molecule has 0 spiro atoms. The maximum Gasteiger partial charge on any atom is 0.0315 e. The zero-order chi connectivity index (χ0) is 11.4. The molecular formula is C14H22N2. The van der Waals surface area contributed by atoms with Crippen LogP contribution in [0.1, 0.15) is 43.7 Å². The summed E-state index contributed by atoms with van der Waals surface area (Å²) in [6, 6.07) is 2.77. The molecule has 88 valence electrons. The highest BCUT2D eigenvalue weighted by molar-refractivity contribution is 5.21. The molecule has 16 heavy (non-hydrogen) atoms. The van der Waals surface area contributed by atoms with Crippen LogP contribution in [0, 0.1) is 12.8 Å². The van der Waals surface area contributed by atoms with Crippen molar-refractivity contribution in [1.29, 1.82) is 0 Å². The number of pyridine rings is 1. The van der Waals surface area contributed by atoms with Crippen molar-refractivity contribution in [1.82, 2.24) is 10.3 Å². The third kappa shape index (κ3) is 3.31. The number of rotatable bonds is 6. The number of aromatic nitrogens is 1. The van der Waals surface area contributed by atoms with Crippen LogP contribution in [0.4, 0.5) is 0 Å². The van der Waals surface area contributed by atoms with Crippen LogP contribution in [0.15, 0.2) is 18.5 Å². The van der Waals surface area contributed by atoms with Gasteiger partial charge in [-0.1, -0.05) is 19.8 Å². The van der Waals surface area contributed by atoms with Gasteiger partial charge in [0.25, 0.3) is 0 Å². The topological polar surface area (TPSA) is 24.9 Å². The molecule has 0 bridgehead atoms. The molecule has 1 aromatic rings. The van der Waals surface area contributed by atoms with Crippen molar-refractivity contribution in [3.63, 3.8) is 0 Å². The van der Waals surface area contributed by atoms with Crippen molar-refractivity contribution >= 4 is 0 Å². The monoisotopic (exact) mass is 218 g/mol. The fraction of sp³-hybridized carbons (Fsp3) is 0.643. The van der Waals surface area contributed by atoms with E-state index in [1.54, 1.807) is 0 Å². The van der Waals surface area contributed by atoms with E-state index in [0.717, 1.165) is 12.5 Å². The van der Waals surface area contributed by atoms with Crippen molar-refractivity contribution in [3.8, 4) is 0 Å². The molecule has 1 heterocycles. The molecule has 1 unspecified atom stereocenters. The maximum absolute atomic E-state index is 4.18. The van der Waals surface area contributed by atoms with Gasteiger partial charge in [-0.05, 0) is 42.9 Å². The lowest BCUT2D eigenvalue weighted by Crippen LogP contribution is -2.28. The molecule has 2 nitrogen and oxygen atoms in total. The van der Waals surface area contributed by atoms with Crippen LogP contribution < -0.4 is 5.32 Å². The number of hydrogen-bond donors (Lipinski definition) is 1. The van der Waals surface area contributed by atoms with Crippen LogP contribution in [0.2, 0.25) is 0 Å². The lowest BCUT2D eigenvalue weighted by molar-refractivity contribution is 0.444. The van der Waals surface area contributed by atoms with Gasteiger partial charge in [0.05, 0.1) is 0 Å². The van der Waals surface area contributed by atoms with Gasteiger partial charge in [-0.3, -0.25) is 4.98 Å². The predicted molar refractivity (Wildman–Crippen MR) is 67.2 cm³/mol. The van der Waals surface area contributed by atoms with Crippen LogP contribution >= 0.6 is 0 Å². The Hall–Kier alpha value is -0.890. The van der Waals surface area contributed by atoms with E-state index >= 15 is 0 Å². The molecule has 2 rings (SSSR count). The molecule has 1 N–H and O–H groups in total. The molecule has 0 amide bonds. The third-order valence-corrected chi connectivity index (χ3v) is 3.54. The first-order chi connectivity index (χ1) is 7.79. The molecule has 1 saturated carbocycles. The lowest BCUT2D eigenvalue weighted by Gasteiger charge is -2.17. The van der Waals surface area contributed by atoms with E-state index in [4.69, 9.17) is 0 Å². The first-order valence-electron chi connectivity index (χ1n) is 6.42. The lowest BCUT2D eigenvalue weighted by atomic mass is 10.1. The summed E-state index contributed by atoms with van der Waals surface area (Å²) in [5, 5.41) is 3.66. The van der Waals surface area contributed by atoms with Gasteiger partial charge in [0, 0.05) is 25.0 Å². The number of nitrogens with one attached hydrogen (secondary N) is 1. The second-order valence-electron chi connectivity index (χ2n) is 4.97. The minimum Gasteiger partial charge on any atom is -0.310 e. The van der Waals surface area contributed by atoms with Crippen molar-refractivity contribution in [3.05, 3.63) is 29.6 Å². The second kappa shape index (κ2) is 5.44. The van der Waals surface area contributed by atoms with E-state index < -0.39 is 0 Å². The van der Waals surface area contributed by atoms with Crippen LogP contribution in [0.5, 0.6) is 0 Å². The Kier molecular flexibility index (Phi) is 3.94. The van der Waals surface area contributed by atoms with E-state index in [-0.39, 0.29) is 0 Å². The predicted octanol–water partition coefficient (Wildman–Crippen LogP) is 3.06. The summed E-state index contributed by atoms with van der Waals surface area (Å²) in [5.41, 5.74) is 2.67. The SMILES string of the molecule is CCC(CC1CC1)NCc1cnccc1C. The number of aryl methyl sites for hydroxylation is 1. The summed E-state index contributed by atoms with van der Waals surface area (Å²) >= 11 is 0. The minimum atomic E-state index is 0.687. The normalized spacial score (nSPS) is 17.4. The van der Waals surface area contributed by atoms with E-state index in [1.165, 1.54) is 36.8 Å². The summed E-state index contributed by atoms with van der Waals surface area (Å²) in [7, 11) is 0. The van der Waals surface area contributed by atoms with Gasteiger partial charge >= 0.3 is 0 Å². The molecule has 1 aliphatic carbocycles. The van der Waals surface area contributed by atoms with Crippen LogP contribution in [-0.4, -0.2) is 11.0 Å². The number of hydrogen-bond acceptors (Lipinski definition) is 2. The highest BCUT2D eigenvalue weighted by Gasteiger charge is 2.24. The summed E-state index contributed by atoms with van der Waals surface area (Å²) < 4.78 is 0. The first-order valence-corrected chi connectivity index (χ1v) is 6.42. The Labute approximate surface area is 98.5 Å². The van der Waals surface area contributed by atoms with E-state index in [1.807, 2.05) is 12.4 Å². The Morgan fingerprint density at radius 3 is 2.94 bits per heavy atom. The molecule has 1 atom stereocenters. The van der Waals surface area contributed by atoms with Gasteiger partial charge in [-0.25, -0.2) is 0 Å². The van der Waals surface area contributed by atoms with Gasteiger partial charge in [0.15, 0.2) is 0 Å². The van der Waals surface area contributed by atoms with Crippen LogP contribution in [0.25, 0.3) is 0 Å². The maximum atomic E-state index is 4.18. The summed E-state index contributed by atoms with van der Waals surface area (Å²) in [5.74, 6) is 1.01. The Bertz CT molecular complexity index is 331. The van der Waals surface area contributed by atoms with E-state index in [2.05, 4.69) is 30.2 Å². The highest BCUT2D eigenvalue weighted by atomic mass is 14.9. The van der Waals surface area contributed by atoms with Gasteiger partial charge in [0.2, 0.25) is 0 Å². The number of nitrogens with zero attached hydrogens (tertiary/aromatic N) is 1. The molecule has 0 radical (unpaired) electrons. The summed E-state index contributed by atoms with van der Waals surface area (Å²) in [6.45, 7) is 5.39. The summed E-state index contributed by atoms with van der Waals surface area (Å²) in [6.07, 6.45) is 9.33. The minimum absolute atomic E-state index is 0.687. The van der Waals surface area contributed by atoms with E-state index in [9.17, 15) is 0 Å². The van der Waals surface area contributed by atoms with Crippen LogP contribution in [0.3, 0.4) is 0 Å². The van der Waals surface area contributed by atoms with Crippen molar-refractivity contribution in [2.75, 3.05) is 0 Å². The van der Waals surface area contributed by atoms with Crippen molar-refractivity contribution in [2.24, 2.45) is 5.92 Å². The molecule has 1 fully saturated rings. The highest BCUT2D eigenvalue weighted by Crippen LogP contribution is 2.34. The second-order valence-corrected chi connectivity index (χ2v) is 4.97. The zero-order valence-electron chi connectivity index (χ0n) is 10.4.